The van der Waals surface area contributed by atoms with Crippen LogP contribution < -0.4 is 0 Å². The van der Waals surface area contributed by atoms with Crippen LogP contribution in [0.3, 0.4) is 0 Å². The third kappa shape index (κ3) is 1.95. The molecular formula is C15H19N. The zero-order valence-electron chi connectivity index (χ0n) is 10.8. The van der Waals surface area contributed by atoms with Crippen LogP contribution in [0.5, 0.6) is 0 Å². The van der Waals surface area contributed by atoms with Crippen LogP contribution in [0.2, 0.25) is 0 Å². The maximum Gasteiger partial charge on any atom is 0.0710 e. The van der Waals surface area contributed by atoms with Gasteiger partial charge in [0.2, 0.25) is 0 Å². The van der Waals surface area contributed by atoms with E-state index in [1.807, 2.05) is 0 Å². The summed E-state index contributed by atoms with van der Waals surface area (Å²) >= 11 is 0. The topological polar surface area (TPSA) is 12.9 Å². The Morgan fingerprint density at radius 2 is 1.69 bits per heavy atom. The SMILES string of the molecule is Cc1cc(C)c2ccc(C(C)(C)C)cc2n1. The molecule has 0 fully saturated rings. The molecule has 0 aliphatic carbocycles. The Morgan fingerprint density at radius 3 is 2.31 bits per heavy atom. The highest BCUT2D eigenvalue weighted by Crippen LogP contribution is 2.26. The van der Waals surface area contributed by atoms with Gasteiger partial charge in [0.1, 0.15) is 0 Å². The first kappa shape index (κ1) is 11.1. The van der Waals surface area contributed by atoms with Gasteiger partial charge in [-0.3, -0.25) is 4.98 Å². The summed E-state index contributed by atoms with van der Waals surface area (Å²) in [6.45, 7) is 10.9. The van der Waals surface area contributed by atoms with Crippen molar-refractivity contribution in [1.29, 1.82) is 0 Å². The van der Waals surface area contributed by atoms with Gasteiger partial charge < -0.3 is 0 Å². The minimum Gasteiger partial charge on any atom is -0.253 e. The second-order valence-electron chi connectivity index (χ2n) is 5.56. The lowest BCUT2D eigenvalue weighted by Crippen LogP contribution is -2.10. The molecule has 0 bridgehead atoms. The van der Waals surface area contributed by atoms with Gasteiger partial charge in [-0.05, 0) is 42.5 Å². The maximum absolute atomic E-state index is 4.61. The third-order valence-electron chi connectivity index (χ3n) is 3.01. The number of hydrogen-bond acceptors (Lipinski definition) is 1. The average Bonchev–Trinajstić information content (AvgIpc) is 2.15. The molecule has 0 spiro atoms. The molecule has 1 heterocycles. The van der Waals surface area contributed by atoms with Crippen LogP contribution in [0, 0.1) is 13.8 Å². The van der Waals surface area contributed by atoms with E-state index in [1.54, 1.807) is 0 Å². The predicted octanol–water partition coefficient (Wildman–Crippen LogP) is 4.15. The van der Waals surface area contributed by atoms with E-state index in [4.69, 9.17) is 0 Å². The highest BCUT2D eigenvalue weighted by atomic mass is 14.7. The maximum atomic E-state index is 4.61. The van der Waals surface area contributed by atoms with Crippen LogP contribution in [-0.2, 0) is 5.41 Å². The fourth-order valence-corrected chi connectivity index (χ4v) is 2.04. The predicted molar refractivity (Wildman–Crippen MR) is 69.9 cm³/mol. The lowest BCUT2D eigenvalue weighted by molar-refractivity contribution is 0.591. The number of pyridine rings is 1. The molecule has 16 heavy (non-hydrogen) atoms. The van der Waals surface area contributed by atoms with E-state index < -0.39 is 0 Å². The molecule has 0 unspecified atom stereocenters. The van der Waals surface area contributed by atoms with E-state index in [0.29, 0.717) is 0 Å². The summed E-state index contributed by atoms with van der Waals surface area (Å²) in [6, 6.07) is 8.76. The molecule has 1 nitrogen and oxygen atoms in total. The van der Waals surface area contributed by atoms with Gasteiger partial charge >= 0.3 is 0 Å². The molecule has 0 aliphatic heterocycles. The normalized spacial score (nSPS) is 12.1. The Labute approximate surface area is 97.5 Å². The first-order chi connectivity index (χ1) is 7.38. The Balaban J connectivity index is 2.71. The number of rotatable bonds is 0. The van der Waals surface area contributed by atoms with Crippen molar-refractivity contribution in [2.75, 3.05) is 0 Å². The van der Waals surface area contributed by atoms with Crippen LogP contribution in [0.1, 0.15) is 37.6 Å². The van der Waals surface area contributed by atoms with Gasteiger partial charge in [-0.2, -0.15) is 0 Å². The molecule has 0 saturated heterocycles. The second kappa shape index (κ2) is 3.58. The Hall–Kier alpha value is -1.37. The molecular weight excluding hydrogens is 194 g/mol. The first-order valence-corrected chi connectivity index (χ1v) is 5.76. The summed E-state index contributed by atoms with van der Waals surface area (Å²) in [7, 11) is 0. The van der Waals surface area contributed by atoms with Crippen LogP contribution >= 0.6 is 0 Å². The minimum absolute atomic E-state index is 0.188. The summed E-state index contributed by atoms with van der Waals surface area (Å²) in [5.74, 6) is 0. The number of aryl methyl sites for hydroxylation is 2. The van der Waals surface area contributed by atoms with Crippen molar-refractivity contribution >= 4 is 10.9 Å². The first-order valence-electron chi connectivity index (χ1n) is 5.76. The van der Waals surface area contributed by atoms with Gasteiger partial charge in [-0.1, -0.05) is 32.9 Å². The molecule has 0 aliphatic rings. The van der Waals surface area contributed by atoms with E-state index in [9.17, 15) is 0 Å². The van der Waals surface area contributed by atoms with Gasteiger partial charge in [0, 0.05) is 11.1 Å². The lowest BCUT2D eigenvalue weighted by atomic mass is 9.86. The molecule has 84 valence electrons. The number of nitrogens with zero attached hydrogens (tertiary/aromatic N) is 1. The lowest BCUT2D eigenvalue weighted by Gasteiger charge is -2.19. The number of aromatic nitrogens is 1. The molecule has 0 radical (unpaired) electrons. The molecule has 0 saturated carbocycles. The van der Waals surface area contributed by atoms with E-state index >= 15 is 0 Å². The largest absolute Gasteiger partial charge is 0.253 e. The zero-order chi connectivity index (χ0) is 11.9. The zero-order valence-corrected chi connectivity index (χ0v) is 10.8. The van der Waals surface area contributed by atoms with Crippen LogP contribution in [-0.4, -0.2) is 4.98 Å². The molecule has 2 rings (SSSR count). The summed E-state index contributed by atoms with van der Waals surface area (Å²) in [6.07, 6.45) is 0. The van der Waals surface area contributed by atoms with Gasteiger partial charge in [-0.15, -0.1) is 0 Å². The van der Waals surface area contributed by atoms with Crippen LogP contribution in [0.15, 0.2) is 24.3 Å². The van der Waals surface area contributed by atoms with Crippen molar-refractivity contribution in [2.45, 2.75) is 40.0 Å². The minimum atomic E-state index is 0.188. The van der Waals surface area contributed by atoms with Gasteiger partial charge in [0.05, 0.1) is 5.52 Å². The average molecular weight is 213 g/mol. The molecule has 1 aromatic carbocycles. The molecule has 1 aromatic heterocycles. The highest BCUT2D eigenvalue weighted by Gasteiger charge is 2.14. The van der Waals surface area contributed by atoms with E-state index in [2.05, 4.69) is 63.9 Å². The summed E-state index contributed by atoms with van der Waals surface area (Å²) in [5, 5.41) is 1.26. The Bertz CT molecular complexity index is 533. The molecule has 0 N–H and O–H groups in total. The van der Waals surface area contributed by atoms with Gasteiger partial charge in [0.15, 0.2) is 0 Å². The van der Waals surface area contributed by atoms with E-state index in [1.165, 1.54) is 16.5 Å². The molecule has 0 amide bonds. The summed E-state index contributed by atoms with van der Waals surface area (Å²) < 4.78 is 0. The molecule has 0 atom stereocenters. The van der Waals surface area contributed by atoms with E-state index in [0.717, 1.165) is 11.2 Å². The monoisotopic (exact) mass is 213 g/mol. The van der Waals surface area contributed by atoms with Crippen molar-refractivity contribution in [2.24, 2.45) is 0 Å². The van der Waals surface area contributed by atoms with Gasteiger partial charge in [0.25, 0.3) is 0 Å². The smallest absolute Gasteiger partial charge is 0.0710 e. The quantitative estimate of drug-likeness (QED) is 0.640. The Kier molecular flexibility index (Phi) is 2.49. The van der Waals surface area contributed by atoms with Crippen molar-refractivity contribution in [3.8, 4) is 0 Å². The fourth-order valence-electron chi connectivity index (χ4n) is 2.04. The number of fused-ring (bicyclic) bond motifs is 1. The van der Waals surface area contributed by atoms with Crippen molar-refractivity contribution in [1.82, 2.24) is 4.98 Å². The van der Waals surface area contributed by atoms with Crippen molar-refractivity contribution < 1.29 is 0 Å². The number of hydrogen-bond donors (Lipinski definition) is 0. The second-order valence-corrected chi connectivity index (χ2v) is 5.56. The van der Waals surface area contributed by atoms with E-state index in [-0.39, 0.29) is 5.41 Å². The Morgan fingerprint density at radius 1 is 1.00 bits per heavy atom. The van der Waals surface area contributed by atoms with Crippen LogP contribution in [0.25, 0.3) is 10.9 Å². The summed E-state index contributed by atoms with van der Waals surface area (Å²) in [4.78, 5) is 4.61. The standard InChI is InChI=1S/C15H19N/c1-10-8-11(2)16-14-9-12(15(3,4)5)6-7-13(10)14/h6-9H,1-5H3. The highest BCUT2D eigenvalue weighted by molar-refractivity contribution is 5.83. The molecule has 1 heteroatoms. The number of benzene rings is 1. The van der Waals surface area contributed by atoms with Gasteiger partial charge in [-0.25, -0.2) is 0 Å². The van der Waals surface area contributed by atoms with Crippen molar-refractivity contribution in [3.63, 3.8) is 0 Å². The third-order valence-corrected chi connectivity index (χ3v) is 3.01. The van der Waals surface area contributed by atoms with Crippen LogP contribution in [0.4, 0.5) is 0 Å². The summed E-state index contributed by atoms with van der Waals surface area (Å²) in [5.41, 5.74) is 5.05. The molecule has 2 aromatic rings. The fraction of sp³-hybridized carbons (Fsp3) is 0.400. The van der Waals surface area contributed by atoms with Crippen molar-refractivity contribution in [3.05, 3.63) is 41.1 Å².